The third-order valence-electron chi connectivity index (χ3n) is 4.79. The molecule has 5 nitrogen and oxygen atoms in total. The molecule has 2 aliphatic rings. The summed E-state index contributed by atoms with van der Waals surface area (Å²) in [5.74, 6) is 1.07. The van der Waals surface area contributed by atoms with Crippen molar-refractivity contribution in [2.24, 2.45) is 11.8 Å². The van der Waals surface area contributed by atoms with Gasteiger partial charge in [0.15, 0.2) is 0 Å². The van der Waals surface area contributed by atoms with Gasteiger partial charge < -0.3 is 15.5 Å². The predicted molar refractivity (Wildman–Crippen MR) is 94.5 cm³/mol. The minimum absolute atomic E-state index is 0.0524. The lowest BCUT2D eigenvalue weighted by Gasteiger charge is -2.18. The molecular weight excluding hydrogens is 322 g/mol. The molecule has 2 fully saturated rings. The molecule has 0 unspecified atom stereocenters. The number of fused-ring (bicyclic) bond motifs is 1. The fourth-order valence-electron chi connectivity index (χ4n) is 3.53. The van der Waals surface area contributed by atoms with Gasteiger partial charge in [-0.2, -0.15) is 0 Å². The van der Waals surface area contributed by atoms with E-state index in [1.165, 1.54) is 11.3 Å². The first-order valence-electron chi connectivity index (χ1n) is 8.15. The van der Waals surface area contributed by atoms with Crippen molar-refractivity contribution in [2.75, 3.05) is 31.5 Å². The summed E-state index contributed by atoms with van der Waals surface area (Å²) in [6.45, 7) is 3.65. The highest BCUT2D eigenvalue weighted by molar-refractivity contribution is 7.12. The minimum Gasteiger partial charge on any atom is -0.338 e. The van der Waals surface area contributed by atoms with Gasteiger partial charge in [-0.1, -0.05) is 12.1 Å². The first kappa shape index (κ1) is 15.4. The van der Waals surface area contributed by atoms with E-state index < -0.39 is 0 Å². The van der Waals surface area contributed by atoms with Crippen LogP contribution < -0.4 is 10.6 Å². The molecule has 24 heavy (non-hydrogen) atoms. The van der Waals surface area contributed by atoms with Crippen LogP contribution in [0, 0.1) is 11.8 Å². The summed E-state index contributed by atoms with van der Waals surface area (Å²) >= 11 is 1.40. The summed E-state index contributed by atoms with van der Waals surface area (Å²) in [5, 5.41) is 8.11. The van der Waals surface area contributed by atoms with Gasteiger partial charge in [0.2, 0.25) is 0 Å². The topological polar surface area (TPSA) is 61.4 Å². The molecule has 1 aromatic carbocycles. The number of likely N-dealkylation sites (tertiary alicyclic amines) is 1. The molecule has 6 heteroatoms. The van der Waals surface area contributed by atoms with Crippen molar-refractivity contribution in [1.82, 2.24) is 10.2 Å². The molecule has 0 aliphatic carbocycles. The third-order valence-corrected chi connectivity index (χ3v) is 5.66. The Labute approximate surface area is 144 Å². The zero-order chi connectivity index (χ0) is 16.5. The molecule has 4 rings (SSSR count). The summed E-state index contributed by atoms with van der Waals surface area (Å²) in [6.07, 6.45) is 0. The Kier molecular flexibility index (Phi) is 4.08. The number of hydrogen-bond donors (Lipinski definition) is 2. The van der Waals surface area contributed by atoms with Gasteiger partial charge in [0.25, 0.3) is 11.8 Å². The maximum absolute atomic E-state index is 12.7. The summed E-state index contributed by atoms with van der Waals surface area (Å²) in [6, 6.07) is 10.8. The van der Waals surface area contributed by atoms with Crippen LogP contribution in [0.3, 0.4) is 0 Å². The Morgan fingerprint density at radius 3 is 2.62 bits per heavy atom. The van der Waals surface area contributed by atoms with Gasteiger partial charge in [-0.15, -0.1) is 11.3 Å². The van der Waals surface area contributed by atoms with Crippen LogP contribution in [0.1, 0.15) is 20.0 Å². The number of rotatable bonds is 3. The fraction of sp³-hybridized carbons (Fsp3) is 0.333. The van der Waals surface area contributed by atoms with E-state index in [1.807, 2.05) is 34.5 Å². The number of nitrogens with one attached hydrogen (secondary N) is 2. The van der Waals surface area contributed by atoms with Crippen molar-refractivity contribution < 1.29 is 9.59 Å². The average Bonchev–Trinajstić information content (AvgIpc) is 3.30. The van der Waals surface area contributed by atoms with Gasteiger partial charge >= 0.3 is 0 Å². The second kappa shape index (κ2) is 6.37. The van der Waals surface area contributed by atoms with Crippen LogP contribution in [0.15, 0.2) is 41.8 Å². The quantitative estimate of drug-likeness (QED) is 0.900. The highest BCUT2D eigenvalue weighted by Crippen LogP contribution is 2.27. The SMILES string of the molecule is O=C(Nc1cccc(C(=O)N2C[C@H]3CNC[C@H]3C2)c1)c1cccs1. The molecule has 0 bridgehead atoms. The predicted octanol–water partition coefficient (Wildman–Crippen LogP) is 2.29. The summed E-state index contributed by atoms with van der Waals surface area (Å²) in [5.41, 5.74) is 1.28. The highest BCUT2D eigenvalue weighted by atomic mass is 32.1. The van der Waals surface area contributed by atoms with Gasteiger partial charge in [-0.3, -0.25) is 9.59 Å². The van der Waals surface area contributed by atoms with Crippen molar-refractivity contribution in [2.45, 2.75) is 0 Å². The second-order valence-corrected chi connectivity index (χ2v) is 7.35. The first-order valence-corrected chi connectivity index (χ1v) is 9.03. The van der Waals surface area contributed by atoms with Gasteiger partial charge in [0.05, 0.1) is 4.88 Å². The van der Waals surface area contributed by atoms with Crippen LogP contribution >= 0.6 is 11.3 Å². The van der Waals surface area contributed by atoms with E-state index in [9.17, 15) is 9.59 Å². The number of anilines is 1. The van der Waals surface area contributed by atoms with E-state index in [-0.39, 0.29) is 11.8 Å². The van der Waals surface area contributed by atoms with E-state index in [2.05, 4.69) is 10.6 Å². The maximum Gasteiger partial charge on any atom is 0.265 e. The van der Waals surface area contributed by atoms with Crippen LogP contribution in [0.4, 0.5) is 5.69 Å². The largest absolute Gasteiger partial charge is 0.338 e. The molecule has 2 aromatic rings. The lowest BCUT2D eigenvalue weighted by molar-refractivity contribution is 0.0781. The van der Waals surface area contributed by atoms with Crippen LogP contribution in [-0.4, -0.2) is 42.9 Å². The highest BCUT2D eigenvalue weighted by Gasteiger charge is 2.38. The lowest BCUT2D eigenvalue weighted by Crippen LogP contribution is -2.31. The molecule has 1 aromatic heterocycles. The van der Waals surface area contributed by atoms with E-state index in [0.29, 0.717) is 28.0 Å². The number of nitrogens with zero attached hydrogens (tertiary/aromatic N) is 1. The summed E-state index contributed by atoms with van der Waals surface area (Å²) in [4.78, 5) is 27.5. The number of amides is 2. The van der Waals surface area contributed by atoms with Crippen molar-refractivity contribution in [1.29, 1.82) is 0 Å². The van der Waals surface area contributed by atoms with Gasteiger partial charge in [0.1, 0.15) is 0 Å². The normalized spacial score (nSPS) is 22.4. The fourth-order valence-corrected chi connectivity index (χ4v) is 4.15. The number of carbonyl (C=O) groups excluding carboxylic acids is 2. The van der Waals surface area contributed by atoms with E-state index in [0.717, 1.165) is 26.2 Å². The van der Waals surface area contributed by atoms with Crippen LogP contribution in [0.25, 0.3) is 0 Å². The summed E-state index contributed by atoms with van der Waals surface area (Å²) in [7, 11) is 0. The van der Waals surface area contributed by atoms with Gasteiger partial charge in [0, 0.05) is 37.4 Å². The number of thiophene rings is 1. The van der Waals surface area contributed by atoms with E-state index in [4.69, 9.17) is 0 Å². The Morgan fingerprint density at radius 1 is 1.12 bits per heavy atom. The van der Waals surface area contributed by atoms with E-state index in [1.54, 1.807) is 12.1 Å². The minimum atomic E-state index is -0.142. The Hall–Kier alpha value is -2.18. The maximum atomic E-state index is 12.7. The Balaban J connectivity index is 1.46. The van der Waals surface area contributed by atoms with Crippen molar-refractivity contribution >= 4 is 28.8 Å². The smallest absolute Gasteiger partial charge is 0.265 e. The number of carbonyl (C=O) groups is 2. The van der Waals surface area contributed by atoms with E-state index >= 15 is 0 Å². The zero-order valence-corrected chi connectivity index (χ0v) is 14.0. The molecule has 3 heterocycles. The molecule has 0 radical (unpaired) electrons. The monoisotopic (exact) mass is 341 g/mol. The first-order chi connectivity index (χ1) is 11.7. The molecule has 0 saturated carbocycles. The zero-order valence-electron chi connectivity index (χ0n) is 13.2. The molecule has 0 spiro atoms. The lowest BCUT2D eigenvalue weighted by atomic mass is 10.0. The molecule has 124 valence electrons. The molecule has 2 amide bonds. The third kappa shape index (κ3) is 2.95. The number of benzene rings is 1. The second-order valence-electron chi connectivity index (χ2n) is 6.40. The Morgan fingerprint density at radius 2 is 1.92 bits per heavy atom. The average molecular weight is 341 g/mol. The van der Waals surface area contributed by atoms with Crippen molar-refractivity contribution in [3.63, 3.8) is 0 Å². The van der Waals surface area contributed by atoms with Gasteiger partial charge in [-0.05, 0) is 41.5 Å². The molecule has 2 saturated heterocycles. The molecule has 2 atom stereocenters. The number of hydrogen-bond acceptors (Lipinski definition) is 4. The molecule has 2 N–H and O–H groups in total. The van der Waals surface area contributed by atoms with Crippen molar-refractivity contribution in [3.8, 4) is 0 Å². The standard InChI is InChI=1S/C18H19N3O2S/c22-17(16-5-2-6-24-16)20-15-4-1-3-12(7-15)18(23)21-10-13-8-19-9-14(13)11-21/h1-7,13-14,19H,8-11H2,(H,20,22)/t13-,14+. The Bertz CT molecular complexity index is 747. The van der Waals surface area contributed by atoms with Crippen LogP contribution in [0.5, 0.6) is 0 Å². The van der Waals surface area contributed by atoms with Crippen LogP contribution in [0.2, 0.25) is 0 Å². The summed E-state index contributed by atoms with van der Waals surface area (Å²) < 4.78 is 0. The molecular formula is C18H19N3O2S. The molecule has 2 aliphatic heterocycles. The van der Waals surface area contributed by atoms with Crippen LogP contribution in [-0.2, 0) is 0 Å². The van der Waals surface area contributed by atoms with Crippen molar-refractivity contribution in [3.05, 3.63) is 52.2 Å². The van der Waals surface area contributed by atoms with Gasteiger partial charge in [-0.25, -0.2) is 0 Å².